The van der Waals surface area contributed by atoms with E-state index >= 15 is 0 Å². The summed E-state index contributed by atoms with van der Waals surface area (Å²) in [6.45, 7) is 4.10. The number of piperazine rings is 1. The van der Waals surface area contributed by atoms with Crippen molar-refractivity contribution < 1.29 is 27.4 Å². The SMILES string of the molecule is O=C(CN1CCOC2CCCCC21)N1CCN(S(=O)(=O)c2ccc3c(c2)OCCO3)CC1. The van der Waals surface area contributed by atoms with Crippen LogP contribution in [-0.2, 0) is 19.6 Å². The lowest BCUT2D eigenvalue weighted by Crippen LogP contribution is -2.57. The van der Waals surface area contributed by atoms with Crippen molar-refractivity contribution in [3.63, 3.8) is 0 Å². The average Bonchev–Trinajstić information content (AvgIpc) is 2.84. The van der Waals surface area contributed by atoms with E-state index in [0.717, 1.165) is 19.4 Å². The number of carbonyl (C=O) groups excluding carboxylic acids is 1. The Hall–Kier alpha value is -1.88. The van der Waals surface area contributed by atoms with Gasteiger partial charge in [-0.05, 0) is 25.0 Å². The van der Waals surface area contributed by atoms with E-state index in [1.165, 1.54) is 23.2 Å². The number of hydrogen-bond donors (Lipinski definition) is 0. The summed E-state index contributed by atoms with van der Waals surface area (Å²) in [7, 11) is -3.65. The number of nitrogens with zero attached hydrogens (tertiary/aromatic N) is 3. The summed E-state index contributed by atoms with van der Waals surface area (Å²) in [5.41, 5.74) is 0. The normalized spacial score (nSPS) is 27.1. The van der Waals surface area contributed by atoms with Crippen LogP contribution in [0.2, 0.25) is 0 Å². The molecule has 3 fully saturated rings. The van der Waals surface area contributed by atoms with Gasteiger partial charge in [-0.15, -0.1) is 0 Å². The van der Waals surface area contributed by atoms with Gasteiger partial charge in [-0.1, -0.05) is 12.8 Å². The zero-order valence-corrected chi connectivity index (χ0v) is 19.1. The molecule has 0 radical (unpaired) electrons. The smallest absolute Gasteiger partial charge is 0.243 e. The number of carbonyl (C=O) groups is 1. The molecule has 1 aromatic carbocycles. The molecule has 0 bridgehead atoms. The lowest BCUT2D eigenvalue weighted by atomic mass is 9.90. The monoisotopic (exact) mass is 465 g/mol. The van der Waals surface area contributed by atoms with Crippen LogP contribution in [0.4, 0.5) is 0 Å². The number of hydrogen-bond acceptors (Lipinski definition) is 7. The average molecular weight is 466 g/mol. The van der Waals surface area contributed by atoms with E-state index in [9.17, 15) is 13.2 Å². The first kappa shape index (κ1) is 21.9. The van der Waals surface area contributed by atoms with Gasteiger partial charge in [-0.2, -0.15) is 4.31 Å². The van der Waals surface area contributed by atoms with Crippen molar-refractivity contribution in [1.29, 1.82) is 0 Å². The van der Waals surface area contributed by atoms with Gasteiger partial charge in [0.05, 0.1) is 24.2 Å². The fraction of sp³-hybridized carbons (Fsp3) is 0.682. The molecule has 3 heterocycles. The minimum atomic E-state index is -3.65. The summed E-state index contributed by atoms with van der Waals surface area (Å²) in [5, 5.41) is 0. The molecule has 1 aromatic rings. The van der Waals surface area contributed by atoms with Crippen molar-refractivity contribution in [3.8, 4) is 11.5 Å². The van der Waals surface area contributed by atoms with E-state index in [0.29, 0.717) is 57.0 Å². The van der Waals surface area contributed by atoms with Gasteiger partial charge in [0, 0.05) is 44.8 Å². The summed E-state index contributed by atoms with van der Waals surface area (Å²) in [6, 6.07) is 5.06. The highest BCUT2D eigenvalue weighted by Crippen LogP contribution is 2.33. The van der Waals surface area contributed by atoms with E-state index in [1.54, 1.807) is 17.0 Å². The minimum Gasteiger partial charge on any atom is -0.486 e. The van der Waals surface area contributed by atoms with Gasteiger partial charge in [0.15, 0.2) is 11.5 Å². The molecule has 0 aromatic heterocycles. The molecule has 176 valence electrons. The highest BCUT2D eigenvalue weighted by atomic mass is 32.2. The summed E-state index contributed by atoms with van der Waals surface area (Å²) < 4.78 is 44.6. The van der Waals surface area contributed by atoms with Crippen molar-refractivity contribution in [2.45, 2.75) is 42.7 Å². The molecule has 9 nitrogen and oxygen atoms in total. The van der Waals surface area contributed by atoms with Gasteiger partial charge < -0.3 is 19.1 Å². The van der Waals surface area contributed by atoms with Crippen molar-refractivity contribution in [1.82, 2.24) is 14.1 Å². The van der Waals surface area contributed by atoms with E-state index in [-0.39, 0.29) is 30.0 Å². The van der Waals surface area contributed by atoms with Crippen molar-refractivity contribution in [3.05, 3.63) is 18.2 Å². The van der Waals surface area contributed by atoms with Crippen LogP contribution in [-0.4, -0.2) is 99.7 Å². The predicted molar refractivity (Wildman–Crippen MR) is 116 cm³/mol. The Kier molecular flexibility index (Phi) is 6.28. The molecular weight excluding hydrogens is 434 g/mol. The number of fused-ring (bicyclic) bond motifs is 2. The molecule has 3 aliphatic heterocycles. The Balaban J connectivity index is 1.19. The topological polar surface area (TPSA) is 88.6 Å². The zero-order chi connectivity index (χ0) is 22.1. The first-order valence-electron chi connectivity index (χ1n) is 11.6. The van der Waals surface area contributed by atoms with Crippen LogP contribution in [0.15, 0.2) is 23.1 Å². The van der Waals surface area contributed by atoms with Gasteiger partial charge in [0.25, 0.3) is 0 Å². The summed E-state index contributed by atoms with van der Waals surface area (Å²) in [5.74, 6) is 1.10. The molecule has 2 atom stereocenters. The lowest BCUT2D eigenvalue weighted by molar-refractivity contribution is -0.140. The second-order valence-electron chi connectivity index (χ2n) is 8.82. The second-order valence-corrected chi connectivity index (χ2v) is 10.8. The Labute approximate surface area is 189 Å². The van der Waals surface area contributed by atoms with Gasteiger partial charge in [0.1, 0.15) is 13.2 Å². The first-order valence-corrected chi connectivity index (χ1v) is 13.0. The lowest BCUT2D eigenvalue weighted by Gasteiger charge is -2.44. The third-order valence-corrected chi connectivity index (χ3v) is 8.82. The van der Waals surface area contributed by atoms with E-state index in [2.05, 4.69) is 4.90 Å². The highest BCUT2D eigenvalue weighted by molar-refractivity contribution is 7.89. The molecule has 1 amide bonds. The Morgan fingerprint density at radius 2 is 1.69 bits per heavy atom. The highest BCUT2D eigenvalue weighted by Gasteiger charge is 2.37. The largest absolute Gasteiger partial charge is 0.486 e. The molecule has 0 N–H and O–H groups in total. The van der Waals surface area contributed by atoms with Crippen LogP contribution in [0, 0.1) is 0 Å². The zero-order valence-electron chi connectivity index (χ0n) is 18.3. The van der Waals surface area contributed by atoms with Crippen LogP contribution in [0.25, 0.3) is 0 Å². The fourth-order valence-corrected chi connectivity index (χ4v) is 6.60. The molecule has 2 unspecified atom stereocenters. The summed E-state index contributed by atoms with van der Waals surface area (Å²) >= 11 is 0. The maximum Gasteiger partial charge on any atom is 0.243 e. The van der Waals surface area contributed by atoms with Crippen LogP contribution >= 0.6 is 0 Å². The van der Waals surface area contributed by atoms with Gasteiger partial charge in [0.2, 0.25) is 15.9 Å². The van der Waals surface area contributed by atoms with E-state index < -0.39 is 10.0 Å². The van der Waals surface area contributed by atoms with Crippen LogP contribution in [0.1, 0.15) is 25.7 Å². The number of benzene rings is 1. The van der Waals surface area contributed by atoms with Gasteiger partial charge >= 0.3 is 0 Å². The number of sulfonamides is 1. The molecule has 32 heavy (non-hydrogen) atoms. The molecular formula is C22H31N3O6S. The Morgan fingerprint density at radius 3 is 2.50 bits per heavy atom. The second kappa shape index (κ2) is 9.17. The number of amides is 1. The standard InChI is InChI=1S/C22H31N3O6S/c26-22(16-24-11-12-29-19-4-2-1-3-18(19)24)23-7-9-25(10-8-23)32(27,28)17-5-6-20-21(15-17)31-14-13-30-20/h5-6,15,18-19H,1-4,7-14,16H2. The quantitative estimate of drug-likeness (QED) is 0.654. The molecule has 1 aliphatic carbocycles. The number of morpholine rings is 1. The third-order valence-electron chi connectivity index (χ3n) is 6.93. The molecule has 5 rings (SSSR count). The fourth-order valence-electron chi connectivity index (χ4n) is 5.16. The van der Waals surface area contributed by atoms with Crippen LogP contribution in [0.5, 0.6) is 11.5 Å². The Morgan fingerprint density at radius 1 is 0.938 bits per heavy atom. The van der Waals surface area contributed by atoms with Crippen LogP contribution in [0.3, 0.4) is 0 Å². The molecule has 2 saturated heterocycles. The maximum absolute atomic E-state index is 13.1. The predicted octanol–water partition coefficient (Wildman–Crippen LogP) is 0.934. The third kappa shape index (κ3) is 4.33. The van der Waals surface area contributed by atoms with Gasteiger partial charge in [-0.25, -0.2) is 8.42 Å². The van der Waals surface area contributed by atoms with Crippen molar-refractivity contribution in [2.24, 2.45) is 0 Å². The molecule has 1 saturated carbocycles. The Bertz CT molecular complexity index is 945. The summed E-state index contributed by atoms with van der Waals surface area (Å²) in [4.78, 5) is 17.2. The van der Waals surface area contributed by atoms with Crippen molar-refractivity contribution in [2.75, 3.05) is 59.1 Å². The summed E-state index contributed by atoms with van der Waals surface area (Å²) in [6.07, 6.45) is 4.79. The van der Waals surface area contributed by atoms with Gasteiger partial charge in [-0.3, -0.25) is 9.69 Å². The molecule has 0 spiro atoms. The first-order chi connectivity index (χ1) is 15.5. The van der Waals surface area contributed by atoms with E-state index in [1.807, 2.05) is 0 Å². The maximum atomic E-state index is 13.1. The van der Waals surface area contributed by atoms with Crippen LogP contribution < -0.4 is 9.47 Å². The molecule has 4 aliphatic rings. The number of rotatable bonds is 4. The van der Waals surface area contributed by atoms with E-state index in [4.69, 9.17) is 14.2 Å². The molecule has 10 heteroatoms. The van der Waals surface area contributed by atoms with Crippen molar-refractivity contribution >= 4 is 15.9 Å². The minimum absolute atomic E-state index is 0.0765. The number of ether oxygens (including phenoxy) is 3.